The Balaban J connectivity index is 0.00000293. The minimum absolute atomic E-state index is 0.0382. The van der Waals surface area contributed by atoms with Crippen molar-refractivity contribution in [3.05, 3.63) is 45.5 Å². The second-order valence-corrected chi connectivity index (χ2v) is 14.8. The number of methoxy groups -OCH3 is 2. The number of aldehydes is 1. The van der Waals surface area contributed by atoms with Crippen LogP contribution in [0.2, 0.25) is 0 Å². The van der Waals surface area contributed by atoms with Crippen LogP contribution in [0.3, 0.4) is 0 Å². The molecule has 308 valence electrons. The highest BCUT2D eigenvalue weighted by Gasteiger charge is 2.22. The van der Waals surface area contributed by atoms with Crippen molar-refractivity contribution in [1.29, 1.82) is 10.5 Å². The van der Waals surface area contributed by atoms with Crippen molar-refractivity contribution in [3.63, 3.8) is 0 Å². The van der Waals surface area contributed by atoms with Crippen LogP contribution in [0.25, 0.3) is 0 Å². The Labute approximate surface area is 340 Å². The van der Waals surface area contributed by atoms with E-state index in [0.29, 0.717) is 67.7 Å². The van der Waals surface area contributed by atoms with Crippen LogP contribution in [0.5, 0.6) is 5.75 Å². The average molecular weight is 821 g/mol. The van der Waals surface area contributed by atoms with Crippen LogP contribution >= 0.6 is 23.2 Å². The largest absolute Gasteiger partial charge is 0.495 e. The maximum absolute atomic E-state index is 13.4. The van der Waals surface area contributed by atoms with Crippen molar-refractivity contribution in [3.8, 4) is 17.9 Å². The summed E-state index contributed by atoms with van der Waals surface area (Å²) in [5.41, 5.74) is 6.79. The number of ether oxygens (including phenoxy) is 3. The quantitative estimate of drug-likeness (QED) is 0.0228. The molecule has 0 spiro atoms. The minimum atomic E-state index is -0.675. The number of carbonyl (C=O) groups is 3. The molecule has 15 nitrogen and oxygen atoms in total. The number of nitrogens with zero attached hydrogens (tertiary/aromatic N) is 4. The van der Waals surface area contributed by atoms with Gasteiger partial charge in [0.15, 0.2) is 0 Å². The molecule has 1 amide bonds. The second kappa shape index (κ2) is 26.9. The average Bonchev–Trinajstić information content (AvgIpc) is 3.14. The molecule has 0 saturated heterocycles. The number of non-ortho nitro benzene ring substituents is 1. The molecule has 0 aliphatic heterocycles. The molecule has 0 saturated carbocycles. The van der Waals surface area contributed by atoms with Crippen molar-refractivity contribution >= 4 is 69.8 Å². The molecule has 2 rings (SSSR count). The molecule has 2 aromatic rings. The maximum atomic E-state index is 13.4. The predicted octanol–water partition coefficient (Wildman–Crippen LogP) is 8.19. The lowest BCUT2D eigenvalue weighted by atomic mass is 9.84. The van der Waals surface area contributed by atoms with E-state index >= 15 is 0 Å². The standard InChI is InChI=1S/C36H50ClN7O7.C3H5ClO/c1-25(22-36(2,3)4)17-33(45)40-29-20-31(43(13-7-9-15-49-5)14-8-10-16-51-34(46)11-12-37)32(50-6)21-30(29)41-42-35-26(23-38)18-28(44(47)48)19-27(35)24-39;4-2-1-3-5/h18-21,25,41-42H,7-17,22H2,1-6H3,(H,40,45);3H,1-2H2. The molecule has 0 heterocycles. The van der Waals surface area contributed by atoms with Crippen molar-refractivity contribution in [1.82, 2.24) is 0 Å². The van der Waals surface area contributed by atoms with Crippen LogP contribution in [0.1, 0.15) is 90.2 Å². The van der Waals surface area contributed by atoms with Crippen LogP contribution in [0.15, 0.2) is 24.3 Å². The van der Waals surface area contributed by atoms with E-state index in [9.17, 15) is 35.0 Å². The number of hydrogen-bond acceptors (Lipinski definition) is 13. The van der Waals surface area contributed by atoms with Gasteiger partial charge in [-0.05, 0) is 49.5 Å². The fraction of sp³-hybridized carbons (Fsp3) is 0.564. The number of anilines is 4. The number of alkyl halides is 2. The van der Waals surface area contributed by atoms with E-state index in [0.717, 1.165) is 37.7 Å². The smallest absolute Gasteiger partial charge is 0.306 e. The number of unbranched alkanes of at least 4 members (excludes halogenated alkanes) is 2. The molecule has 0 fully saturated rings. The topological polar surface area (TPSA) is 209 Å². The van der Waals surface area contributed by atoms with E-state index in [1.165, 1.54) is 7.11 Å². The fourth-order valence-electron chi connectivity index (χ4n) is 5.68. The highest BCUT2D eigenvalue weighted by molar-refractivity contribution is 6.18. The van der Waals surface area contributed by atoms with Gasteiger partial charge in [0, 0.05) is 69.6 Å². The van der Waals surface area contributed by atoms with Crippen molar-refractivity contribution in [2.75, 3.05) is 73.4 Å². The molecule has 1 unspecified atom stereocenters. The van der Waals surface area contributed by atoms with E-state index in [1.54, 1.807) is 19.2 Å². The lowest BCUT2D eigenvalue weighted by molar-refractivity contribution is -0.384. The zero-order chi connectivity index (χ0) is 42.1. The minimum Gasteiger partial charge on any atom is -0.495 e. The summed E-state index contributed by atoms with van der Waals surface area (Å²) in [5, 5.41) is 33.9. The number of benzene rings is 2. The van der Waals surface area contributed by atoms with Crippen LogP contribution < -0.4 is 25.8 Å². The van der Waals surface area contributed by atoms with E-state index in [4.69, 9.17) is 37.4 Å². The lowest BCUT2D eigenvalue weighted by Crippen LogP contribution is -2.27. The summed E-state index contributed by atoms with van der Waals surface area (Å²) in [4.78, 5) is 47.4. The van der Waals surface area contributed by atoms with Gasteiger partial charge in [0.05, 0.1) is 58.9 Å². The number of carbonyl (C=O) groups excluding carboxylic acids is 3. The Morgan fingerprint density at radius 3 is 2.07 bits per heavy atom. The Morgan fingerprint density at radius 1 is 0.964 bits per heavy atom. The third-order valence-corrected chi connectivity index (χ3v) is 8.37. The molecule has 17 heteroatoms. The lowest BCUT2D eigenvalue weighted by Gasteiger charge is -2.29. The van der Waals surface area contributed by atoms with Gasteiger partial charge in [0.1, 0.15) is 24.2 Å². The molecule has 0 aliphatic rings. The molecule has 0 radical (unpaired) electrons. The van der Waals surface area contributed by atoms with Crippen molar-refractivity contribution in [2.45, 2.75) is 79.1 Å². The first-order valence-electron chi connectivity index (χ1n) is 18.3. The van der Waals surface area contributed by atoms with Gasteiger partial charge in [0.2, 0.25) is 5.91 Å². The SMILES string of the molecule is COCCCCN(CCCCOC(=O)CCCl)c1cc(NC(=O)CC(C)CC(C)(C)C)c(NNc2c(C#N)cc([N+](=O)[O-])cc2C#N)cc1OC.O=CCCCl. The molecule has 0 aromatic heterocycles. The summed E-state index contributed by atoms with van der Waals surface area (Å²) in [7, 11) is 3.18. The summed E-state index contributed by atoms with van der Waals surface area (Å²) < 4.78 is 16.3. The highest BCUT2D eigenvalue weighted by atomic mass is 35.5. The third-order valence-electron chi connectivity index (χ3n) is 7.96. The van der Waals surface area contributed by atoms with E-state index in [1.807, 2.05) is 19.1 Å². The Morgan fingerprint density at radius 2 is 1.59 bits per heavy atom. The predicted molar refractivity (Wildman–Crippen MR) is 220 cm³/mol. The summed E-state index contributed by atoms with van der Waals surface area (Å²) in [6.07, 6.45) is 5.49. The fourth-order valence-corrected chi connectivity index (χ4v) is 5.92. The Bertz CT molecular complexity index is 1620. The number of rotatable bonds is 24. The highest BCUT2D eigenvalue weighted by Crippen LogP contribution is 2.39. The number of halogens is 2. The molecule has 2 aromatic carbocycles. The van der Waals surface area contributed by atoms with Gasteiger partial charge in [0.25, 0.3) is 5.69 Å². The molecular formula is C39H55Cl2N7O8. The normalized spacial score (nSPS) is 11.1. The van der Waals surface area contributed by atoms with Gasteiger partial charge in [-0.15, -0.1) is 23.2 Å². The van der Waals surface area contributed by atoms with Gasteiger partial charge >= 0.3 is 5.97 Å². The number of nitro benzene ring substituents is 1. The monoisotopic (exact) mass is 819 g/mol. The first-order chi connectivity index (χ1) is 26.7. The van der Waals surface area contributed by atoms with Crippen molar-refractivity contribution in [2.24, 2.45) is 11.3 Å². The van der Waals surface area contributed by atoms with Crippen LogP contribution in [0.4, 0.5) is 28.4 Å². The number of nitro groups is 1. The molecule has 0 bridgehead atoms. The van der Waals surface area contributed by atoms with E-state index in [-0.39, 0.29) is 65.4 Å². The molecular weight excluding hydrogens is 765 g/mol. The van der Waals surface area contributed by atoms with Crippen LogP contribution in [-0.4, -0.2) is 75.4 Å². The zero-order valence-corrected chi connectivity index (χ0v) is 34.7. The number of amides is 1. The number of nitriles is 2. The van der Waals surface area contributed by atoms with Gasteiger partial charge < -0.3 is 29.2 Å². The maximum Gasteiger partial charge on any atom is 0.306 e. The van der Waals surface area contributed by atoms with Gasteiger partial charge in [-0.2, -0.15) is 10.5 Å². The first kappa shape index (κ1) is 49.2. The van der Waals surface area contributed by atoms with Crippen LogP contribution in [0, 0.1) is 44.1 Å². The molecule has 3 N–H and O–H groups in total. The molecule has 0 aliphatic carbocycles. The number of hydrogen-bond donors (Lipinski definition) is 3. The summed E-state index contributed by atoms with van der Waals surface area (Å²) >= 11 is 10.7. The van der Waals surface area contributed by atoms with E-state index in [2.05, 4.69) is 41.8 Å². The zero-order valence-electron chi connectivity index (χ0n) is 33.2. The number of esters is 1. The number of hydrazine groups is 1. The van der Waals surface area contributed by atoms with Gasteiger partial charge in [-0.3, -0.25) is 30.6 Å². The van der Waals surface area contributed by atoms with Gasteiger partial charge in [-0.25, -0.2) is 0 Å². The summed E-state index contributed by atoms with van der Waals surface area (Å²) in [5.74, 6) is 0.684. The summed E-state index contributed by atoms with van der Waals surface area (Å²) in [6, 6.07) is 9.46. The van der Waals surface area contributed by atoms with Crippen molar-refractivity contribution < 1.29 is 33.5 Å². The molecule has 1 atom stereocenters. The van der Waals surface area contributed by atoms with E-state index < -0.39 is 10.6 Å². The Hall–Kier alpha value is -4.83. The first-order valence-corrected chi connectivity index (χ1v) is 19.4. The summed E-state index contributed by atoms with van der Waals surface area (Å²) in [6.45, 7) is 10.5. The number of nitrogens with one attached hydrogen (secondary N) is 3. The third kappa shape index (κ3) is 18.7. The van der Waals surface area contributed by atoms with Crippen LogP contribution in [-0.2, 0) is 23.9 Å². The molecule has 56 heavy (non-hydrogen) atoms. The Kier molecular flexibility index (Phi) is 23.6. The van der Waals surface area contributed by atoms with Gasteiger partial charge in [-0.1, -0.05) is 27.7 Å². The second-order valence-electron chi connectivity index (χ2n) is 14.0.